The van der Waals surface area contributed by atoms with Crippen molar-refractivity contribution >= 4 is 34.5 Å². The average molecular weight is 469 g/mol. The number of aromatic nitrogens is 5. The van der Waals surface area contributed by atoms with Gasteiger partial charge >= 0.3 is 6.18 Å². The lowest BCUT2D eigenvalue weighted by Gasteiger charge is -2.10. The van der Waals surface area contributed by atoms with Crippen molar-refractivity contribution in [2.75, 3.05) is 0 Å². The van der Waals surface area contributed by atoms with E-state index in [0.717, 1.165) is 6.07 Å². The number of fused-ring (bicyclic) bond motifs is 1. The van der Waals surface area contributed by atoms with Gasteiger partial charge in [-0.05, 0) is 37.4 Å². The molecule has 4 aromatic rings. The van der Waals surface area contributed by atoms with Crippen molar-refractivity contribution in [2.45, 2.75) is 32.6 Å². The molecule has 0 radical (unpaired) electrons. The molecule has 0 spiro atoms. The van der Waals surface area contributed by atoms with Crippen molar-refractivity contribution in [3.63, 3.8) is 0 Å². The van der Waals surface area contributed by atoms with Crippen LogP contribution in [0.2, 0.25) is 5.02 Å². The largest absolute Gasteiger partial charge is 0.433 e. The fraction of sp³-hybridized carbons (Fsp3) is 0.263. The molecule has 0 aliphatic carbocycles. The normalized spacial score (nSPS) is 13.0. The number of carbonyl (C=O) groups excluding carboxylic acids is 1. The average Bonchev–Trinajstić information content (AvgIpc) is 3.47. The standard InChI is InChI=1S/C19H16ClF3N6OS/c1-3-28-7-6-11(26-28)10(2)24-18(30)16-15(20)17-25-12(13-5-4-8-31-13)9-14(19(21,22)23)29(17)27-16/h4-10H,3H2,1-2H3,(H,24,30)/t10-/m0/s1. The van der Waals surface area contributed by atoms with Crippen molar-refractivity contribution in [1.29, 1.82) is 0 Å². The first kappa shape index (κ1) is 21.3. The lowest BCUT2D eigenvalue weighted by molar-refractivity contribution is -0.142. The summed E-state index contributed by atoms with van der Waals surface area (Å²) in [6, 6.07) is 5.49. The van der Waals surface area contributed by atoms with Gasteiger partial charge in [-0.15, -0.1) is 11.3 Å². The van der Waals surface area contributed by atoms with Crippen LogP contribution in [0.3, 0.4) is 0 Å². The SMILES string of the molecule is CCn1ccc([C@H](C)NC(=O)c2nn3c(C(F)(F)F)cc(-c4cccs4)nc3c2Cl)n1. The summed E-state index contributed by atoms with van der Waals surface area (Å²) in [6.07, 6.45) is -2.96. The highest BCUT2D eigenvalue weighted by Crippen LogP contribution is 2.35. The van der Waals surface area contributed by atoms with E-state index in [9.17, 15) is 18.0 Å². The maximum atomic E-state index is 13.7. The quantitative estimate of drug-likeness (QED) is 0.455. The molecule has 12 heteroatoms. The Morgan fingerprint density at radius 2 is 2.10 bits per heavy atom. The van der Waals surface area contributed by atoms with E-state index < -0.39 is 23.8 Å². The van der Waals surface area contributed by atoms with Crippen LogP contribution in [0, 0.1) is 0 Å². The second kappa shape index (κ2) is 7.97. The molecule has 31 heavy (non-hydrogen) atoms. The molecule has 4 heterocycles. The minimum absolute atomic E-state index is 0.0991. The molecule has 7 nitrogen and oxygen atoms in total. The third kappa shape index (κ3) is 4.02. The molecule has 1 N–H and O–H groups in total. The van der Waals surface area contributed by atoms with Crippen LogP contribution in [0.5, 0.6) is 0 Å². The number of hydrogen-bond acceptors (Lipinski definition) is 5. The van der Waals surface area contributed by atoms with E-state index in [2.05, 4.69) is 20.5 Å². The van der Waals surface area contributed by atoms with Crippen molar-refractivity contribution in [1.82, 2.24) is 29.7 Å². The smallest absolute Gasteiger partial charge is 0.342 e. The van der Waals surface area contributed by atoms with Crippen molar-refractivity contribution in [3.05, 3.63) is 57.9 Å². The number of alkyl halides is 3. The van der Waals surface area contributed by atoms with Crippen LogP contribution in [0.4, 0.5) is 13.2 Å². The summed E-state index contributed by atoms with van der Waals surface area (Å²) in [5.41, 5.74) is -0.958. The molecule has 0 saturated heterocycles. The summed E-state index contributed by atoms with van der Waals surface area (Å²) in [6.45, 7) is 4.29. The Labute approximate surface area is 183 Å². The molecule has 0 aromatic carbocycles. The number of thiophene rings is 1. The van der Waals surface area contributed by atoms with Gasteiger partial charge in [0.2, 0.25) is 0 Å². The van der Waals surface area contributed by atoms with E-state index in [1.807, 2.05) is 6.92 Å². The fourth-order valence-corrected chi connectivity index (χ4v) is 3.94. The molecular formula is C19H16ClF3N6OS. The summed E-state index contributed by atoms with van der Waals surface area (Å²) >= 11 is 7.52. The van der Waals surface area contributed by atoms with Crippen LogP contribution < -0.4 is 5.32 Å². The Hall–Kier alpha value is -2.92. The van der Waals surface area contributed by atoms with Crippen LogP contribution in [-0.4, -0.2) is 30.3 Å². The molecule has 0 saturated carbocycles. The predicted molar refractivity (Wildman–Crippen MR) is 110 cm³/mol. The molecule has 0 aliphatic heterocycles. The second-order valence-electron chi connectivity index (χ2n) is 6.69. The van der Waals surface area contributed by atoms with E-state index >= 15 is 0 Å². The van der Waals surface area contributed by atoms with Gasteiger partial charge in [0.05, 0.1) is 22.3 Å². The minimum atomic E-state index is -4.73. The number of carbonyl (C=O) groups is 1. The number of amides is 1. The first-order valence-corrected chi connectivity index (χ1v) is 10.5. The molecule has 162 valence electrons. The van der Waals surface area contributed by atoms with Crippen LogP contribution in [0.25, 0.3) is 16.2 Å². The topological polar surface area (TPSA) is 77.1 Å². The van der Waals surface area contributed by atoms with E-state index in [1.54, 1.807) is 41.4 Å². The Balaban J connectivity index is 1.75. The molecule has 4 rings (SSSR count). The zero-order valence-electron chi connectivity index (χ0n) is 16.3. The number of aryl methyl sites for hydroxylation is 1. The van der Waals surface area contributed by atoms with Crippen LogP contribution in [0.15, 0.2) is 35.8 Å². The summed E-state index contributed by atoms with van der Waals surface area (Å²) in [5, 5.41) is 12.3. The number of nitrogens with one attached hydrogen (secondary N) is 1. The van der Waals surface area contributed by atoms with E-state index in [0.29, 0.717) is 21.6 Å². The maximum absolute atomic E-state index is 13.7. The molecule has 0 aliphatic rings. The van der Waals surface area contributed by atoms with Crippen molar-refractivity contribution < 1.29 is 18.0 Å². The molecule has 1 amide bonds. The third-order valence-corrected chi connectivity index (χ3v) is 5.83. The number of hydrogen-bond donors (Lipinski definition) is 1. The summed E-state index contributed by atoms with van der Waals surface area (Å²) < 4.78 is 43.4. The van der Waals surface area contributed by atoms with Crippen LogP contribution in [-0.2, 0) is 12.7 Å². The second-order valence-corrected chi connectivity index (χ2v) is 8.02. The summed E-state index contributed by atoms with van der Waals surface area (Å²) in [4.78, 5) is 17.5. The van der Waals surface area contributed by atoms with E-state index in [4.69, 9.17) is 11.6 Å². The maximum Gasteiger partial charge on any atom is 0.433 e. The molecule has 0 fully saturated rings. The molecule has 0 unspecified atom stereocenters. The van der Waals surface area contributed by atoms with Gasteiger partial charge in [-0.2, -0.15) is 23.4 Å². The number of rotatable bonds is 5. The number of nitrogens with zero attached hydrogens (tertiary/aromatic N) is 5. The molecule has 4 aromatic heterocycles. The first-order chi connectivity index (χ1) is 14.7. The molecular weight excluding hydrogens is 453 g/mol. The van der Waals surface area contributed by atoms with Crippen molar-refractivity contribution in [3.8, 4) is 10.6 Å². The lowest BCUT2D eigenvalue weighted by atomic mass is 10.2. The monoisotopic (exact) mass is 468 g/mol. The van der Waals surface area contributed by atoms with E-state index in [1.165, 1.54) is 11.3 Å². The molecule has 0 bridgehead atoms. The lowest BCUT2D eigenvalue weighted by Crippen LogP contribution is -2.27. The van der Waals surface area contributed by atoms with Gasteiger partial charge in [0.15, 0.2) is 17.0 Å². The van der Waals surface area contributed by atoms with E-state index in [-0.39, 0.29) is 22.1 Å². The zero-order chi connectivity index (χ0) is 22.3. The van der Waals surface area contributed by atoms with Gasteiger partial charge in [0.1, 0.15) is 5.02 Å². The highest BCUT2D eigenvalue weighted by atomic mass is 35.5. The van der Waals surface area contributed by atoms with Gasteiger partial charge < -0.3 is 5.32 Å². The van der Waals surface area contributed by atoms with Crippen LogP contribution >= 0.6 is 22.9 Å². The summed E-state index contributed by atoms with van der Waals surface area (Å²) in [5.74, 6) is -0.722. The highest BCUT2D eigenvalue weighted by Gasteiger charge is 2.37. The highest BCUT2D eigenvalue weighted by molar-refractivity contribution is 7.13. The van der Waals surface area contributed by atoms with Gasteiger partial charge in [-0.3, -0.25) is 9.48 Å². The fourth-order valence-electron chi connectivity index (χ4n) is 3.01. The predicted octanol–water partition coefficient (Wildman–Crippen LogP) is 4.84. The minimum Gasteiger partial charge on any atom is -0.342 e. The van der Waals surface area contributed by atoms with Gasteiger partial charge in [-0.25, -0.2) is 9.50 Å². The Kier molecular flexibility index (Phi) is 5.48. The van der Waals surface area contributed by atoms with Gasteiger partial charge in [0.25, 0.3) is 5.91 Å². The Morgan fingerprint density at radius 1 is 1.32 bits per heavy atom. The Morgan fingerprint density at radius 3 is 2.71 bits per heavy atom. The van der Waals surface area contributed by atoms with Gasteiger partial charge in [0, 0.05) is 12.7 Å². The summed E-state index contributed by atoms with van der Waals surface area (Å²) in [7, 11) is 0. The third-order valence-electron chi connectivity index (χ3n) is 4.59. The zero-order valence-corrected chi connectivity index (χ0v) is 17.9. The number of halogens is 4. The van der Waals surface area contributed by atoms with Gasteiger partial charge in [-0.1, -0.05) is 17.7 Å². The Bertz CT molecular complexity index is 1250. The van der Waals surface area contributed by atoms with Crippen molar-refractivity contribution in [2.24, 2.45) is 0 Å². The molecule has 1 atom stereocenters. The van der Waals surface area contributed by atoms with Crippen LogP contribution in [0.1, 0.15) is 41.8 Å². The first-order valence-electron chi connectivity index (χ1n) is 9.23.